The number of rotatable bonds is 8. The van der Waals surface area contributed by atoms with Gasteiger partial charge < -0.3 is 10.8 Å². The summed E-state index contributed by atoms with van der Waals surface area (Å²) in [6.45, 7) is 4.71. The number of nitrogens with two attached hydrogens (primary N) is 1. The van der Waals surface area contributed by atoms with Crippen LogP contribution in [0.15, 0.2) is 0 Å². The van der Waals surface area contributed by atoms with E-state index in [4.69, 9.17) is 10.8 Å². The Balaban J connectivity index is 3.38. The van der Waals surface area contributed by atoms with Crippen molar-refractivity contribution in [2.24, 2.45) is 11.7 Å². The van der Waals surface area contributed by atoms with Gasteiger partial charge in [0.1, 0.15) is 0 Å². The van der Waals surface area contributed by atoms with Crippen LogP contribution >= 0.6 is 0 Å². The fraction of sp³-hybridized carbons (Fsp3) is 1.00. The first kappa shape index (κ1) is 12.9. The molecule has 0 saturated carbocycles. The number of hydrogen-bond donors (Lipinski definition) is 2. The van der Waals surface area contributed by atoms with Crippen molar-refractivity contribution in [3.05, 3.63) is 0 Å². The van der Waals surface area contributed by atoms with Gasteiger partial charge in [0.2, 0.25) is 0 Å². The first-order valence-corrected chi connectivity index (χ1v) is 5.58. The molecule has 0 aliphatic heterocycles. The third kappa shape index (κ3) is 7.03. The third-order valence-electron chi connectivity index (χ3n) is 2.69. The maximum Gasteiger partial charge on any atom is 0.0431 e. The summed E-state index contributed by atoms with van der Waals surface area (Å²) in [4.78, 5) is 0. The zero-order valence-electron chi connectivity index (χ0n) is 9.13. The monoisotopic (exact) mass is 187 g/mol. The van der Waals surface area contributed by atoms with Crippen LogP contribution in [-0.2, 0) is 0 Å². The Kier molecular flexibility index (Phi) is 8.46. The molecule has 2 nitrogen and oxygen atoms in total. The van der Waals surface area contributed by atoms with Crippen molar-refractivity contribution in [3.63, 3.8) is 0 Å². The summed E-state index contributed by atoms with van der Waals surface area (Å²) >= 11 is 0. The lowest BCUT2D eigenvalue weighted by Gasteiger charge is -2.19. The average Bonchev–Trinajstić information content (AvgIpc) is 2.14. The van der Waals surface area contributed by atoms with E-state index < -0.39 is 0 Å². The molecular formula is C11H25NO. The van der Waals surface area contributed by atoms with Crippen molar-refractivity contribution in [1.29, 1.82) is 0 Å². The Hall–Kier alpha value is -0.0800. The first-order chi connectivity index (χ1) is 6.22. The lowest BCUT2D eigenvalue weighted by atomic mass is 9.93. The van der Waals surface area contributed by atoms with Crippen LogP contribution in [0.25, 0.3) is 0 Å². The van der Waals surface area contributed by atoms with Crippen molar-refractivity contribution < 1.29 is 5.11 Å². The molecule has 0 aromatic carbocycles. The molecule has 0 aliphatic carbocycles. The van der Waals surface area contributed by atoms with E-state index in [1.807, 2.05) is 0 Å². The molecule has 80 valence electrons. The van der Waals surface area contributed by atoms with Gasteiger partial charge in [0, 0.05) is 12.6 Å². The lowest BCUT2D eigenvalue weighted by molar-refractivity contribution is 0.269. The minimum Gasteiger partial charge on any atom is -0.396 e. The molecule has 0 saturated heterocycles. The van der Waals surface area contributed by atoms with Crippen LogP contribution in [0.3, 0.4) is 0 Å². The first-order valence-electron chi connectivity index (χ1n) is 5.58. The average molecular weight is 187 g/mol. The maximum absolute atomic E-state index is 8.66. The second kappa shape index (κ2) is 8.52. The molecule has 0 aromatic rings. The summed E-state index contributed by atoms with van der Waals surface area (Å²) in [6, 6.07) is 0.281. The SMILES string of the molecule is CCCCCC(C)C(N)CCCO. The van der Waals surface area contributed by atoms with Gasteiger partial charge in [-0.25, -0.2) is 0 Å². The summed E-state index contributed by atoms with van der Waals surface area (Å²) in [5.74, 6) is 0.609. The molecule has 2 heteroatoms. The van der Waals surface area contributed by atoms with E-state index in [0.717, 1.165) is 12.8 Å². The van der Waals surface area contributed by atoms with Crippen molar-refractivity contribution in [2.45, 2.75) is 58.4 Å². The van der Waals surface area contributed by atoms with Gasteiger partial charge in [-0.05, 0) is 25.2 Å². The Bertz CT molecular complexity index is 106. The second-order valence-electron chi connectivity index (χ2n) is 4.00. The Labute approximate surface area is 82.5 Å². The zero-order valence-corrected chi connectivity index (χ0v) is 9.13. The van der Waals surface area contributed by atoms with Gasteiger partial charge in [0.05, 0.1) is 0 Å². The fourth-order valence-corrected chi connectivity index (χ4v) is 1.54. The van der Waals surface area contributed by atoms with Crippen molar-refractivity contribution in [2.75, 3.05) is 6.61 Å². The highest BCUT2D eigenvalue weighted by Crippen LogP contribution is 2.14. The lowest BCUT2D eigenvalue weighted by Crippen LogP contribution is -2.28. The van der Waals surface area contributed by atoms with Crippen LogP contribution in [0.1, 0.15) is 52.4 Å². The molecule has 0 radical (unpaired) electrons. The summed E-state index contributed by atoms with van der Waals surface area (Å²) < 4.78 is 0. The highest BCUT2D eigenvalue weighted by molar-refractivity contribution is 4.68. The van der Waals surface area contributed by atoms with Crippen LogP contribution in [-0.4, -0.2) is 17.8 Å². The van der Waals surface area contributed by atoms with E-state index in [1.54, 1.807) is 0 Å². The smallest absolute Gasteiger partial charge is 0.0431 e. The summed E-state index contributed by atoms with van der Waals surface area (Å²) in [5.41, 5.74) is 5.97. The molecule has 0 amide bonds. The van der Waals surface area contributed by atoms with Crippen LogP contribution < -0.4 is 5.73 Å². The van der Waals surface area contributed by atoms with Crippen LogP contribution in [0.5, 0.6) is 0 Å². The molecule has 2 unspecified atom stereocenters. The van der Waals surface area contributed by atoms with E-state index in [-0.39, 0.29) is 12.6 Å². The third-order valence-corrected chi connectivity index (χ3v) is 2.69. The van der Waals surface area contributed by atoms with Gasteiger partial charge in [-0.2, -0.15) is 0 Å². The number of unbranched alkanes of at least 4 members (excludes halogenated alkanes) is 2. The van der Waals surface area contributed by atoms with Crippen molar-refractivity contribution in [3.8, 4) is 0 Å². The second-order valence-corrected chi connectivity index (χ2v) is 4.00. The van der Waals surface area contributed by atoms with Crippen molar-refractivity contribution >= 4 is 0 Å². The minimum absolute atomic E-state index is 0.273. The van der Waals surface area contributed by atoms with E-state index in [9.17, 15) is 0 Å². The fourth-order valence-electron chi connectivity index (χ4n) is 1.54. The molecule has 0 aromatic heterocycles. The maximum atomic E-state index is 8.66. The van der Waals surface area contributed by atoms with E-state index >= 15 is 0 Å². The normalized spacial score (nSPS) is 15.7. The number of aliphatic hydroxyl groups excluding tert-OH is 1. The van der Waals surface area contributed by atoms with Crippen LogP contribution in [0, 0.1) is 5.92 Å². The van der Waals surface area contributed by atoms with Crippen molar-refractivity contribution in [1.82, 2.24) is 0 Å². The molecule has 2 atom stereocenters. The van der Waals surface area contributed by atoms with Crippen LogP contribution in [0.4, 0.5) is 0 Å². The number of aliphatic hydroxyl groups is 1. The Morgan fingerprint density at radius 2 is 1.85 bits per heavy atom. The predicted octanol–water partition coefficient (Wildman–Crippen LogP) is 2.30. The molecule has 0 aliphatic rings. The number of hydrogen-bond acceptors (Lipinski definition) is 2. The van der Waals surface area contributed by atoms with E-state index in [1.165, 1.54) is 25.7 Å². The Morgan fingerprint density at radius 1 is 1.15 bits per heavy atom. The topological polar surface area (TPSA) is 46.2 Å². The predicted molar refractivity (Wildman–Crippen MR) is 57.6 cm³/mol. The molecule has 0 fully saturated rings. The molecule has 13 heavy (non-hydrogen) atoms. The van der Waals surface area contributed by atoms with Gasteiger partial charge in [-0.1, -0.05) is 33.1 Å². The molecular weight excluding hydrogens is 162 g/mol. The Morgan fingerprint density at radius 3 is 2.38 bits per heavy atom. The van der Waals surface area contributed by atoms with Gasteiger partial charge in [-0.3, -0.25) is 0 Å². The van der Waals surface area contributed by atoms with Crippen LogP contribution in [0.2, 0.25) is 0 Å². The molecule has 3 N–H and O–H groups in total. The van der Waals surface area contributed by atoms with E-state index in [0.29, 0.717) is 5.92 Å². The van der Waals surface area contributed by atoms with E-state index in [2.05, 4.69) is 13.8 Å². The standard InChI is InChI=1S/C11H25NO/c1-3-4-5-7-10(2)11(12)8-6-9-13/h10-11,13H,3-9,12H2,1-2H3. The van der Waals surface area contributed by atoms with Gasteiger partial charge in [0.15, 0.2) is 0 Å². The minimum atomic E-state index is 0.273. The zero-order chi connectivity index (χ0) is 10.1. The molecule has 0 spiro atoms. The summed E-state index contributed by atoms with van der Waals surface area (Å²) in [5, 5.41) is 8.66. The largest absolute Gasteiger partial charge is 0.396 e. The molecule has 0 heterocycles. The van der Waals surface area contributed by atoms with Gasteiger partial charge >= 0.3 is 0 Å². The summed E-state index contributed by atoms with van der Waals surface area (Å²) in [7, 11) is 0. The summed E-state index contributed by atoms with van der Waals surface area (Å²) in [6.07, 6.45) is 6.93. The molecule has 0 rings (SSSR count). The highest BCUT2D eigenvalue weighted by atomic mass is 16.2. The highest BCUT2D eigenvalue weighted by Gasteiger charge is 2.11. The quantitative estimate of drug-likeness (QED) is 0.573. The van der Waals surface area contributed by atoms with Gasteiger partial charge in [0.25, 0.3) is 0 Å². The molecule has 0 bridgehead atoms. The van der Waals surface area contributed by atoms with Gasteiger partial charge in [-0.15, -0.1) is 0 Å².